The number of nitrogens with one attached hydrogen (secondary N) is 1. The highest BCUT2D eigenvalue weighted by atomic mass is 16.5. The molecule has 8 heteroatoms. The molecule has 2 atom stereocenters. The monoisotopic (exact) mass is 353 g/mol. The van der Waals surface area contributed by atoms with Crippen molar-refractivity contribution in [2.75, 3.05) is 13.2 Å². The fourth-order valence-electron chi connectivity index (χ4n) is 2.88. The van der Waals surface area contributed by atoms with Crippen LogP contribution in [-0.4, -0.2) is 50.8 Å². The maximum Gasteiger partial charge on any atom is 0.291 e. The van der Waals surface area contributed by atoms with Crippen LogP contribution in [-0.2, 0) is 16.1 Å². The van der Waals surface area contributed by atoms with Crippen LogP contribution < -0.4 is 5.32 Å². The lowest BCUT2D eigenvalue weighted by Crippen LogP contribution is -2.50. The molecule has 0 saturated carbocycles. The number of ether oxygens (including phenoxy) is 2. The van der Waals surface area contributed by atoms with Crippen molar-refractivity contribution in [2.45, 2.75) is 25.2 Å². The highest BCUT2D eigenvalue weighted by Gasteiger charge is 2.29. The standard InChI is InChI=1S/C18H19N5O3/c24-17(16-21-18-19-8-4-9-23(18)22-16)20-14-7-10-25-12-15(14)26-11-13-5-2-1-3-6-13/h1-6,8-9,14-15H,7,10-12H2,(H,20,24)/t14-,15-/m1/s1. The van der Waals surface area contributed by atoms with Gasteiger partial charge in [0.15, 0.2) is 0 Å². The smallest absolute Gasteiger partial charge is 0.291 e. The van der Waals surface area contributed by atoms with Crippen molar-refractivity contribution in [1.29, 1.82) is 0 Å². The Bertz CT molecular complexity index is 850. The van der Waals surface area contributed by atoms with Crippen LogP contribution in [0.5, 0.6) is 0 Å². The van der Waals surface area contributed by atoms with Crippen molar-refractivity contribution in [1.82, 2.24) is 24.9 Å². The Morgan fingerprint density at radius 3 is 3.04 bits per heavy atom. The first-order valence-electron chi connectivity index (χ1n) is 8.51. The zero-order chi connectivity index (χ0) is 17.8. The maximum atomic E-state index is 12.5. The van der Waals surface area contributed by atoms with Crippen molar-refractivity contribution in [2.24, 2.45) is 0 Å². The van der Waals surface area contributed by atoms with Crippen LogP contribution in [0.2, 0.25) is 0 Å². The maximum absolute atomic E-state index is 12.5. The van der Waals surface area contributed by atoms with E-state index in [4.69, 9.17) is 9.47 Å². The summed E-state index contributed by atoms with van der Waals surface area (Å²) >= 11 is 0. The summed E-state index contributed by atoms with van der Waals surface area (Å²) in [6.45, 7) is 1.49. The molecule has 3 aromatic rings. The Hall–Kier alpha value is -2.84. The molecule has 8 nitrogen and oxygen atoms in total. The first kappa shape index (κ1) is 16.6. The van der Waals surface area contributed by atoms with E-state index in [-0.39, 0.29) is 23.9 Å². The van der Waals surface area contributed by atoms with E-state index < -0.39 is 0 Å². The summed E-state index contributed by atoms with van der Waals surface area (Å²) in [5.41, 5.74) is 1.08. The lowest BCUT2D eigenvalue weighted by Gasteiger charge is -2.31. The number of rotatable bonds is 5. The number of carbonyl (C=O) groups excluding carboxylic acids is 1. The van der Waals surface area contributed by atoms with Gasteiger partial charge < -0.3 is 14.8 Å². The molecule has 1 N–H and O–H groups in total. The SMILES string of the molecule is O=C(N[C@@H]1CCOC[C@H]1OCc1ccccc1)c1nc2ncccn2n1. The Balaban J connectivity index is 1.41. The molecule has 1 saturated heterocycles. The second-order valence-corrected chi connectivity index (χ2v) is 6.08. The number of amides is 1. The molecule has 0 aliphatic carbocycles. The average Bonchev–Trinajstić information content (AvgIpc) is 3.12. The first-order chi connectivity index (χ1) is 12.8. The third kappa shape index (κ3) is 3.71. The third-order valence-electron chi connectivity index (χ3n) is 4.25. The summed E-state index contributed by atoms with van der Waals surface area (Å²) in [6.07, 6.45) is 3.77. The molecule has 1 aliphatic heterocycles. The van der Waals surface area contributed by atoms with E-state index in [2.05, 4.69) is 20.4 Å². The lowest BCUT2D eigenvalue weighted by molar-refractivity contribution is -0.0736. The first-order valence-corrected chi connectivity index (χ1v) is 8.51. The lowest BCUT2D eigenvalue weighted by atomic mass is 10.1. The van der Waals surface area contributed by atoms with Gasteiger partial charge in [0.05, 0.1) is 19.3 Å². The van der Waals surface area contributed by atoms with E-state index in [1.807, 2.05) is 30.3 Å². The number of benzene rings is 1. The molecule has 134 valence electrons. The molecule has 0 bridgehead atoms. The van der Waals surface area contributed by atoms with Gasteiger partial charge in [0.1, 0.15) is 6.10 Å². The summed E-state index contributed by atoms with van der Waals surface area (Å²) < 4.78 is 13.0. The number of fused-ring (bicyclic) bond motifs is 1. The molecule has 1 fully saturated rings. The predicted molar refractivity (Wildman–Crippen MR) is 92.5 cm³/mol. The minimum Gasteiger partial charge on any atom is -0.379 e. The van der Waals surface area contributed by atoms with Gasteiger partial charge in [0.25, 0.3) is 11.7 Å². The summed E-state index contributed by atoms with van der Waals surface area (Å²) in [5.74, 6) is 0.147. The average molecular weight is 353 g/mol. The summed E-state index contributed by atoms with van der Waals surface area (Å²) in [6, 6.07) is 11.5. The van der Waals surface area contributed by atoms with E-state index in [9.17, 15) is 4.79 Å². The largest absolute Gasteiger partial charge is 0.379 e. The van der Waals surface area contributed by atoms with Gasteiger partial charge in [-0.3, -0.25) is 4.79 Å². The molecule has 1 aromatic carbocycles. The number of hydrogen-bond donors (Lipinski definition) is 1. The molecule has 26 heavy (non-hydrogen) atoms. The van der Waals surface area contributed by atoms with E-state index in [1.165, 1.54) is 4.52 Å². The van der Waals surface area contributed by atoms with Gasteiger partial charge in [-0.05, 0) is 18.1 Å². The Kier molecular flexibility index (Phi) is 4.85. The second kappa shape index (κ2) is 7.59. The molecule has 2 aromatic heterocycles. The predicted octanol–water partition coefficient (Wildman–Crippen LogP) is 1.23. The normalized spacial score (nSPS) is 20.2. The summed E-state index contributed by atoms with van der Waals surface area (Å²) in [5, 5.41) is 7.13. The minimum atomic E-state index is -0.337. The minimum absolute atomic E-state index is 0.0944. The number of hydrogen-bond acceptors (Lipinski definition) is 6. The molecule has 0 unspecified atom stereocenters. The van der Waals surface area contributed by atoms with Crippen molar-refractivity contribution < 1.29 is 14.3 Å². The Labute approximate surface area is 150 Å². The number of carbonyl (C=O) groups is 1. The number of aromatic nitrogens is 4. The fourth-order valence-corrected chi connectivity index (χ4v) is 2.88. The highest BCUT2D eigenvalue weighted by Crippen LogP contribution is 2.14. The van der Waals surface area contributed by atoms with Gasteiger partial charge in [-0.15, -0.1) is 5.10 Å². The van der Waals surface area contributed by atoms with Crippen LogP contribution in [0.3, 0.4) is 0 Å². The summed E-state index contributed by atoms with van der Waals surface area (Å²) in [7, 11) is 0. The van der Waals surface area contributed by atoms with Crippen molar-refractivity contribution in [3.8, 4) is 0 Å². The van der Waals surface area contributed by atoms with E-state index in [0.717, 1.165) is 5.56 Å². The third-order valence-corrected chi connectivity index (χ3v) is 4.25. The van der Waals surface area contributed by atoms with Crippen molar-refractivity contribution >= 4 is 11.7 Å². The highest BCUT2D eigenvalue weighted by molar-refractivity contribution is 5.91. The fraction of sp³-hybridized carbons (Fsp3) is 0.333. The van der Waals surface area contributed by atoms with Crippen LogP contribution in [0.25, 0.3) is 5.78 Å². The van der Waals surface area contributed by atoms with Gasteiger partial charge in [-0.25, -0.2) is 9.50 Å². The van der Waals surface area contributed by atoms with Crippen LogP contribution in [0.15, 0.2) is 48.8 Å². The molecule has 1 aliphatic rings. The van der Waals surface area contributed by atoms with Gasteiger partial charge >= 0.3 is 0 Å². The molecule has 0 spiro atoms. The number of nitrogens with zero attached hydrogens (tertiary/aromatic N) is 4. The van der Waals surface area contributed by atoms with E-state index in [0.29, 0.717) is 32.0 Å². The Morgan fingerprint density at radius 2 is 2.19 bits per heavy atom. The van der Waals surface area contributed by atoms with E-state index in [1.54, 1.807) is 18.5 Å². The second-order valence-electron chi connectivity index (χ2n) is 6.08. The molecule has 0 radical (unpaired) electrons. The zero-order valence-electron chi connectivity index (χ0n) is 14.1. The van der Waals surface area contributed by atoms with E-state index >= 15 is 0 Å². The van der Waals surface area contributed by atoms with Gasteiger partial charge in [0.2, 0.25) is 5.82 Å². The van der Waals surface area contributed by atoms with Crippen LogP contribution >= 0.6 is 0 Å². The molecule has 4 rings (SSSR count). The molecule has 3 heterocycles. The molecular weight excluding hydrogens is 334 g/mol. The topological polar surface area (TPSA) is 90.6 Å². The molecular formula is C18H19N5O3. The quantitative estimate of drug-likeness (QED) is 0.742. The Morgan fingerprint density at radius 1 is 1.31 bits per heavy atom. The van der Waals surface area contributed by atoms with Gasteiger partial charge in [-0.1, -0.05) is 30.3 Å². The van der Waals surface area contributed by atoms with Crippen LogP contribution in [0.4, 0.5) is 0 Å². The summed E-state index contributed by atoms with van der Waals surface area (Å²) in [4.78, 5) is 20.8. The van der Waals surface area contributed by atoms with Crippen LogP contribution in [0, 0.1) is 0 Å². The van der Waals surface area contributed by atoms with Gasteiger partial charge in [-0.2, -0.15) is 4.98 Å². The van der Waals surface area contributed by atoms with Gasteiger partial charge in [0, 0.05) is 19.0 Å². The van der Waals surface area contributed by atoms with Crippen molar-refractivity contribution in [3.05, 3.63) is 60.2 Å². The van der Waals surface area contributed by atoms with Crippen molar-refractivity contribution in [3.63, 3.8) is 0 Å². The van der Waals surface area contributed by atoms with Crippen LogP contribution in [0.1, 0.15) is 22.6 Å². The molecule has 1 amide bonds. The zero-order valence-corrected chi connectivity index (χ0v) is 14.1.